The lowest BCUT2D eigenvalue weighted by Crippen LogP contribution is -2.10. The molecule has 0 saturated carbocycles. The normalized spacial score (nSPS) is 11.4. The zero-order chi connectivity index (χ0) is 27.2. The van der Waals surface area contributed by atoms with Gasteiger partial charge in [-0.25, -0.2) is 0 Å². The number of thiophene rings is 2. The molecule has 2 heterocycles. The molecule has 194 valence electrons. The number of Topliss-reactive ketones (excluding diaryl/α,β-unsaturated/α-hetero) is 2. The number of benzene rings is 2. The van der Waals surface area contributed by atoms with Crippen LogP contribution in [0, 0.1) is 0 Å². The van der Waals surface area contributed by atoms with Crippen molar-refractivity contribution in [2.24, 2.45) is 10.7 Å². The minimum atomic E-state index is -0.492. The molecular weight excluding hydrogens is 520 g/mol. The molecule has 4 rings (SSSR count). The van der Waals surface area contributed by atoms with Gasteiger partial charge in [0, 0.05) is 28.6 Å². The number of hydrogen-bond acceptors (Lipinski definition) is 8. The molecule has 0 spiro atoms. The highest BCUT2D eigenvalue weighted by molar-refractivity contribution is 7.16. The van der Waals surface area contributed by atoms with Crippen LogP contribution in [-0.2, 0) is 6.42 Å². The Hall–Kier alpha value is -4.08. The fraction of sp³-hybridized carbons (Fsp3) is 0.172. The molecule has 0 aliphatic rings. The average molecular weight is 547 g/mol. The number of hydrogen-bond donors (Lipinski definition) is 2. The Morgan fingerprint density at radius 2 is 1.61 bits per heavy atom. The van der Waals surface area contributed by atoms with Crippen molar-refractivity contribution in [3.63, 3.8) is 0 Å². The third kappa shape index (κ3) is 6.24. The largest absolute Gasteiger partial charge is 0.506 e. The van der Waals surface area contributed by atoms with Crippen LogP contribution in [0.25, 0.3) is 10.4 Å². The van der Waals surface area contributed by atoms with Gasteiger partial charge >= 0.3 is 0 Å². The smallest absolute Gasteiger partial charge is 0.248 e. The van der Waals surface area contributed by atoms with E-state index in [0.29, 0.717) is 37.9 Å². The Kier molecular flexibility index (Phi) is 8.50. The monoisotopic (exact) mass is 546 g/mol. The fourth-order valence-electron chi connectivity index (χ4n) is 3.76. The van der Waals surface area contributed by atoms with E-state index in [1.165, 1.54) is 11.3 Å². The molecule has 0 radical (unpaired) electrons. The van der Waals surface area contributed by atoms with Crippen LogP contribution in [0.3, 0.4) is 0 Å². The summed E-state index contributed by atoms with van der Waals surface area (Å²) in [5.74, 6) is 0.120. The van der Waals surface area contributed by atoms with Crippen LogP contribution in [0.1, 0.15) is 54.2 Å². The van der Waals surface area contributed by atoms with Gasteiger partial charge in [-0.3, -0.25) is 19.4 Å². The van der Waals surface area contributed by atoms with Crippen LogP contribution in [0.2, 0.25) is 0 Å². The lowest BCUT2D eigenvalue weighted by molar-refractivity contribution is 0.0982. The number of carbonyl (C=O) groups excluding carboxylic acids is 3. The van der Waals surface area contributed by atoms with Gasteiger partial charge in [0.1, 0.15) is 18.0 Å². The highest BCUT2D eigenvalue weighted by atomic mass is 32.1. The molecule has 3 N–H and O–H groups in total. The molecule has 2 aromatic carbocycles. The van der Waals surface area contributed by atoms with E-state index in [9.17, 15) is 19.5 Å². The van der Waals surface area contributed by atoms with Crippen molar-refractivity contribution in [2.75, 3.05) is 13.7 Å². The van der Waals surface area contributed by atoms with Crippen molar-refractivity contribution in [1.82, 2.24) is 0 Å². The molecule has 38 heavy (non-hydrogen) atoms. The number of ether oxygens (including phenoxy) is 1. The number of amides is 1. The Bertz CT molecular complexity index is 1500. The van der Waals surface area contributed by atoms with Gasteiger partial charge in [-0.2, -0.15) is 0 Å². The van der Waals surface area contributed by atoms with E-state index in [4.69, 9.17) is 10.5 Å². The van der Waals surface area contributed by atoms with Crippen molar-refractivity contribution < 1.29 is 24.2 Å². The zero-order valence-electron chi connectivity index (χ0n) is 20.9. The summed E-state index contributed by atoms with van der Waals surface area (Å²) in [7, 11) is 1.60. The molecule has 0 atom stereocenters. The van der Waals surface area contributed by atoms with Crippen LogP contribution in [0.4, 0.5) is 0 Å². The van der Waals surface area contributed by atoms with Crippen molar-refractivity contribution in [2.45, 2.75) is 19.8 Å². The highest BCUT2D eigenvalue weighted by Crippen LogP contribution is 2.39. The van der Waals surface area contributed by atoms with Crippen molar-refractivity contribution in [3.8, 4) is 21.9 Å². The number of carbonyl (C=O) groups is 3. The van der Waals surface area contributed by atoms with Gasteiger partial charge < -0.3 is 15.6 Å². The first-order chi connectivity index (χ1) is 18.3. The number of aromatic hydroxyl groups is 1. The van der Waals surface area contributed by atoms with Gasteiger partial charge in [-0.15, -0.1) is 22.7 Å². The third-order valence-corrected chi connectivity index (χ3v) is 8.19. The maximum Gasteiger partial charge on any atom is 0.248 e. The SMILES string of the molecule is COc1ccc(-c2scc(C(C)=NCC(=O)c3ccc(C(=O)CCc4ccc(C(N)=O)cc4)s3)c2O)cc1. The molecule has 4 aromatic rings. The van der Waals surface area contributed by atoms with Gasteiger partial charge in [-0.05, 0) is 73.0 Å². The molecule has 7 nitrogen and oxygen atoms in total. The molecule has 0 fully saturated rings. The summed E-state index contributed by atoms with van der Waals surface area (Å²) in [6.45, 7) is 1.67. The summed E-state index contributed by atoms with van der Waals surface area (Å²) in [4.78, 5) is 42.7. The van der Waals surface area contributed by atoms with E-state index < -0.39 is 5.91 Å². The van der Waals surface area contributed by atoms with Gasteiger partial charge in [0.15, 0.2) is 11.6 Å². The van der Waals surface area contributed by atoms with E-state index in [2.05, 4.69) is 4.99 Å². The lowest BCUT2D eigenvalue weighted by atomic mass is 10.0. The topological polar surface area (TPSA) is 119 Å². The molecule has 0 bridgehead atoms. The van der Waals surface area contributed by atoms with Crippen LogP contribution in [-0.4, -0.2) is 41.9 Å². The van der Waals surface area contributed by atoms with Crippen LogP contribution < -0.4 is 10.5 Å². The van der Waals surface area contributed by atoms with E-state index in [-0.39, 0.29) is 30.3 Å². The molecular formula is C29H26N2O5S2. The Morgan fingerprint density at radius 3 is 2.24 bits per heavy atom. The second-order valence-electron chi connectivity index (χ2n) is 8.53. The van der Waals surface area contributed by atoms with E-state index in [0.717, 1.165) is 28.2 Å². The second kappa shape index (κ2) is 12.0. The zero-order valence-corrected chi connectivity index (χ0v) is 22.5. The van der Waals surface area contributed by atoms with Crippen LogP contribution >= 0.6 is 22.7 Å². The molecule has 0 aliphatic heterocycles. The van der Waals surface area contributed by atoms with E-state index >= 15 is 0 Å². The third-order valence-electron chi connectivity index (χ3n) is 6.00. The summed E-state index contributed by atoms with van der Waals surface area (Å²) in [5, 5.41) is 12.6. The molecule has 0 saturated heterocycles. The van der Waals surface area contributed by atoms with Gasteiger partial charge in [0.05, 0.1) is 21.7 Å². The maximum atomic E-state index is 12.7. The Balaban J connectivity index is 1.36. The fourth-order valence-corrected chi connectivity index (χ4v) is 5.68. The minimum Gasteiger partial charge on any atom is -0.506 e. The number of ketones is 2. The lowest BCUT2D eigenvalue weighted by Gasteiger charge is -2.03. The standard InChI is InChI=1S/C29H26N2O5S2/c1-17(22-16-37-28(27(22)34)19-8-10-21(36-2)11-9-19)31-15-24(33)26-14-13-25(38-26)23(32)12-5-18-3-6-20(7-4-18)29(30)35/h3-4,6-11,13-14,16,34H,5,12,15H2,1-2H3,(H2,30,35). The van der Waals surface area contributed by atoms with Crippen LogP contribution in [0.5, 0.6) is 11.5 Å². The summed E-state index contributed by atoms with van der Waals surface area (Å²) in [6.07, 6.45) is 0.806. The predicted molar refractivity (Wildman–Crippen MR) is 151 cm³/mol. The molecule has 0 unspecified atom stereocenters. The van der Waals surface area contributed by atoms with Gasteiger partial charge in [0.2, 0.25) is 5.91 Å². The van der Waals surface area contributed by atoms with Crippen molar-refractivity contribution in [3.05, 3.63) is 92.5 Å². The summed E-state index contributed by atoms with van der Waals surface area (Å²) in [6, 6.07) is 17.6. The molecule has 9 heteroatoms. The second-order valence-corrected chi connectivity index (χ2v) is 10.5. The molecule has 2 aromatic heterocycles. The number of rotatable bonds is 11. The summed E-state index contributed by atoms with van der Waals surface area (Å²) in [5.41, 5.74) is 8.60. The van der Waals surface area contributed by atoms with E-state index in [1.54, 1.807) is 50.4 Å². The Labute approximate surface area is 228 Å². The summed E-state index contributed by atoms with van der Waals surface area (Å²) >= 11 is 2.56. The number of methoxy groups -OCH3 is 1. The number of primary amides is 1. The maximum absolute atomic E-state index is 12.7. The first-order valence-electron chi connectivity index (χ1n) is 11.8. The number of nitrogens with zero attached hydrogens (tertiary/aromatic N) is 1. The predicted octanol–water partition coefficient (Wildman–Crippen LogP) is 5.80. The van der Waals surface area contributed by atoms with Crippen molar-refractivity contribution in [1.29, 1.82) is 0 Å². The quantitative estimate of drug-likeness (QED) is 0.182. The van der Waals surface area contributed by atoms with Gasteiger partial charge in [0.25, 0.3) is 0 Å². The number of nitrogens with two attached hydrogens (primary N) is 1. The van der Waals surface area contributed by atoms with Crippen LogP contribution in [0.15, 0.2) is 71.0 Å². The highest BCUT2D eigenvalue weighted by Gasteiger charge is 2.17. The van der Waals surface area contributed by atoms with Gasteiger partial charge in [-0.1, -0.05) is 12.1 Å². The first-order valence-corrected chi connectivity index (χ1v) is 13.5. The van der Waals surface area contributed by atoms with E-state index in [1.807, 2.05) is 29.6 Å². The number of aliphatic imine (C=N–C) groups is 1. The Morgan fingerprint density at radius 1 is 0.947 bits per heavy atom. The first kappa shape index (κ1) is 27.0. The minimum absolute atomic E-state index is 0.0537. The number of aryl methyl sites for hydroxylation is 1. The average Bonchev–Trinajstić information content (AvgIpc) is 3.58. The summed E-state index contributed by atoms with van der Waals surface area (Å²) < 4.78 is 5.18. The molecule has 1 amide bonds. The molecule has 0 aliphatic carbocycles. The van der Waals surface area contributed by atoms with Crippen molar-refractivity contribution >= 4 is 45.9 Å².